The van der Waals surface area contributed by atoms with Gasteiger partial charge in [-0.05, 0) is 53.3 Å². The highest BCUT2D eigenvalue weighted by Gasteiger charge is 2.13. The summed E-state index contributed by atoms with van der Waals surface area (Å²) in [7, 11) is 2.09. The normalized spacial score (nSPS) is 12.3. The molecule has 0 aliphatic carbocycles. The third-order valence-electron chi connectivity index (χ3n) is 3.10. The standard InChI is InChI=1S/C16H30N2O2/c1-7-19-9-8-18(6)12-14-10-13(2)15(20-14)11-17-16(3,4)5/h10,17H,7-9,11-12H2,1-6H3. The number of aryl methyl sites for hydroxylation is 1. The average Bonchev–Trinajstić information content (AvgIpc) is 2.66. The minimum absolute atomic E-state index is 0.105. The van der Waals surface area contributed by atoms with E-state index in [2.05, 4.69) is 51.0 Å². The lowest BCUT2D eigenvalue weighted by atomic mass is 10.1. The molecule has 4 heteroatoms. The lowest BCUT2D eigenvalue weighted by molar-refractivity contribution is 0.118. The monoisotopic (exact) mass is 282 g/mol. The first-order valence-electron chi connectivity index (χ1n) is 7.41. The summed E-state index contributed by atoms with van der Waals surface area (Å²) in [6.45, 7) is 14.7. The molecule has 0 atom stereocenters. The van der Waals surface area contributed by atoms with Gasteiger partial charge in [0, 0.05) is 18.7 Å². The van der Waals surface area contributed by atoms with E-state index >= 15 is 0 Å². The molecule has 1 N–H and O–H groups in total. The van der Waals surface area contributed by atoms with Crippen LogP contribution in [0.1, 0.15) is 44.8 Å². The summed E-state index contributed by atoms with van der Waals surface area (Å²) in [5.74, 6) is 2.06. The molecular formula is C16H30N2O2. The van der Waals surface area contributed by atoms with Crippen LogP contribution in [-0.2, 0) is 17.8 Å². The first kappa shape index (κ1) is 17.2. The highest BCUT2D eigenvalue weighted by molar-refractivity contribution is 5.20. The minimum atomic E-state index is 0.105. The molecule has 1 aromatic heterocycles. The molecule has 0 saturated heterocycles. The van der Waals surface area contributed by atoms with E-state index in [9.17, 15) is 0 Å². The zero-order chi connectivity index (χ0) is 15.2. The molecule has 4 nitrogen and oxygen atoms in total. The molecule has 0 bridgehead atoms. The average molecular weight is 282 g/mol. The molecule has 0 amide bonds. The molecule has 0 saturated carbocycles. The summed E-state index contributed by atoms with van der Waals surface area (Å²) in [6.07, 6.45) is 0. The zero-order valence-corrected chi connectivity index (χ0v) is 13.9. The predicted octanol–water partition coefficient (Wildman–Crippen LogP) is 2.94. The topological polar surface area (TPSA) is 37.6 Å². The number of furan rings is 1. The first-order valence-corrected chi connectivity index (χ1v) is 7.41. The molecule has 1 rings (SSSR count). The van der Waals surface area contributed by atoms with E-state index in [0.29, 0.717) is 0 Å². The fraction of sp³-hybridized carbons (Fsp3) is 0.750. The van der Waals surface area contributed by atoms with Crippen LogP contribution in [0.2, 0.25) is 0 Å². The second kappa shape index (κ2) is 7.81. The second-order valence-electron chi connectivity index (χ2n) is 6.36. The Morgan fingerprint density at radius 1 is 1.35 bits per heavy atom. The van der Waals surface area contributed by atoms with Gasteiger partial charge in [-0.1, -0.05) is 0 Å². The summed E-state index contributed by atoms with van der Waals surface area (Å²) < 4.78 is 11.3. The molecule has 0 aliphatic rings. The van der Waals surface area contributed by atoms with Gasteiger partial charge in [0.1, 0.15) is 11.5 Å². The summed E-state index contributed by atoms with van der Waals surface area (Å²) in [6, 6.07) is 2.14. The Bertz CT molecular complexity index is 394. The van der Waals surface area contributed by atoms with E-state index in [1.165, 1.54) is 5.56 Å². The summed E-state index contributed by atoms with van der Waals surface area (Å²) in [5.41, 5.74) is 1.32. The SMILES string of the molecule is CCOCCN(C)Cc1cc(C)c(CNC(C)(C)C)o1. The Labute approximate surface area is 123 Å². The van der Waals surface area contributed by atoms with Crippen LogP contribution in [0.15, 0.2) is 10.5 Å². The second-order valence-corrected chi connectivity index (χ2v) is 6.36. The quantitative estimate of drug-likeness (QED) is 0.744. The van der Waals surface area contributed by atoms with Crippen molar-refractivity contribution in [2.45, 2.75) is 53.2 Å². The van der Waals surface area contributed by atoms with E-state index in [1.807, 2.05) is 6.92 Å². The van der Waals surface area contributed by atoms with Gasteiger partial charge in [-0.2, -0.15) is 0 Å². The van der Waals surface area contributed by atoms with Crippen LogP contribution >= 0.6 is 0 Å². The minimum Gasteiger partial charge on any atom is -0.463 e. The number of nitrogens with zero attached hydrogens (tertiary/aromatic N) is 1. The smallest absolute Gasteiger partial charge is 0.120 e. The number of rotatable bonds is 8. The molecular weight excluding hydrogens is 252 g/mol. The van der Waals surface area contributed by atoms with Crippen molar-refractivity contribution in [3.8, 4) is 0 Å². The van der Waals surface area contributed by atoms with Crippen molar-refractivity contribution < 1.29 is 9.15 Å². The molecule has 0 aliphatic heterocycles. The lowest BCUT2D eigenvalue weighted by Crippen LogP contribution is -2.35. The Kier molecular flexibility index (Phi) is 6.72. The van der Waals surface area contributed by atoms with Gasteiger partial charge in [0.25, 0.3) is 0 Å². The number of hydrogen-bond acceptors (Lipinski definition) is 4. The Hall–Kier alpha value is -0.840. The van der Waals surface area contributed by atoms with Crippen LogP contribution in [0.4, 0.5) is 0 Å². The van der Waals surface area contributed by atoms with Crippen LogP contribution in [0.5, 0.6) is 0 Å². The van der Waals surface area contributed by atoms with Crippen LogP contribution in [0, 0.1) is 6.92 Å². The molecule has 0 fully saturated rings. The number of ether oxygens (including phenoxy) is 1. The lowest BCUT2D eigenvalue weighted by Gasteiger charge is -2.19. The molecule has 20 heavy (non-hydrogen) atoms. The van der Waals surface area contributed by atoms with Crippen molar-refractivity contribution in [2.24, 2.45) is 0 Å². The maximum Gasteiger partial charge on any atom is 0.120 e. The van der Waals surface area contributed by atoms with Crippen molar-refractivity contribution in [3.05, 3.63) is 23.2 Å². The fourth-order valence-electron chi connectivity index (χ4n) is 1.90. The Balaban J connectivity index is 2.48. The zero-order valence-electron chi connectivity index (χ0n) is 13.9. The van der Waals surface area contributed by atoms with Crippen LogP contribution in [0.3, 0.4) is 0 Å². The highest BCUT2D eigenvalue weighted by Crippen LogP contribution is 2.17. The summed E-state index contributed by atoms with van der Waals surface area (Å²) in [5, 5.41) is 3.46. The van der Waals surface area contributed by atoms with Crippen molar-refractivity contribution in [2.75, 3.05) is 26.8 Å². The third kappa shape index (κ3) is 6.55. The van der Waals surface area contributed by atoms with E-state index < -0.39 is 0 Å². The van der Waals surface area contributed by atoms with Gasteiger partial charge in [-0.25, -0.2) is 0 Å². The van der Waals surface area contributed by atoms with Crippen molar-refractivity contribution in [3.63, 3.8) is 0 Å². The van der Waals surface area contributed by atoms with Gasteiger partial charge in [-0.15, -0.1) is 0 Å². The van der Waals surface area contributed by atoms with Gasteiger partial charge in [-0.3, -0.25) is 4.90 Å². The molecule has 116 valence electrons. The molecule has 0 unspecified atom stereocenters. The van der Waals surface area contributed by atoms with Crippen LogP contribution < -0.4 is 5.32 Å². The van der Waals surface area contributed by atoms with Crippen LogP contribution in [-0.4, -0.2) is 37.2 Å². The van der Waals surface area contributed by atoms with Crippen molar-refractivity contribution >= 4 is 0 Å². The number of likely N-dealkylation sites (N-methyl/N-ethyl adjacent to an activating group) is 1. The molecule has 0 radical (unpaired) electrons. The van der Waals surface area contributed by atoms with Crippen molar-refractivity contribution in [1.82, 2.24) is 10.2 Å². The molecule has 0 spiro atoms. The Morgan fingerprint density at radius 2 is 2.05 bits per heavy atom. The van der Waals surface area contributed by atoms with Gasteiger partial charge in [0.05, 0.1) is 19.7 Å². The van der Waals surface area contributed by atoms with Gasteiger partial charge < -0.3 is 14.5 Å². The molecule has 1 aromatic rings. The van der Waals surface area contributed by atoms with E-state index in [1.54, 1.807) is 0 Å². The van der Waals surface area contributed by atoms with Gasteiger partial charge in [0.2, 0.25) is 0 Å². The summed E-state index contributed by atoms with van der Waals surface area (Å²) in [4.78, 5) is 2.22. The van der Waals surface area contributed by atoms with E-state index in [-0.39, 0.29) is 5.54 Å². The maximum atomic E-state index is 5.94. The number of hydrogen-bond donors (Lipinski definition) is 1. The van der Waals surface area contributed by atoms with E-state index in [0.717, 1.165) is 44.4 Å². The number of nitrogens with one attached hydrogen (secondary N) is 1. The first-order chi connectivity index (χ1) is 9.31. The summed E-state index contributed by atoms with van der Waals surface area (Å²) >= 11 is 0. The van der Waals surface area contributed by atoms with E-state index in [4.69, 9.17) is 9.15 Å². The van der Waals surface area contributed by atoms with Crippen molar-refractivity contribution in [1.29, 1.82) is 0 Å². The highest BCUT2D eigenvalue weighted by atomic mass is 16.5. The van der Waals surface area contributed by atoms with Gasteiger partial charge >= 0.3 is 0 Å². The van der Waals surface area contributed by atoms with Gasteiger partial charge in [0.15, 0.2) is 0 Å². The third-order valence-corrected chi connectivity index (χ3v) is 3.10. The fourth-order valence-corrected chi connectivity index (χ4v) is 1.90. The molecule has 0 aromatic carbocycles. The Morgan fingerprint density at radius 3 is 2.65 bits per heavy atom. The van der Waals surface area contributed by atoms with Crippen LogP contribution in [0.25, 0.3) is 0 Å². The molecule has 1 heterocycles. The predicted molar refractivity (Wildman–Crippen MR) is 82.9 cm³/mol. The largest absolute Gasteiger partial charge is 0.463 e. The maximum absolute atomic E-state index is 5.94.